The van der Waals surface area contributed by atoms with Gasteiger partial charge < -0.3 is 6.87 Å². The van der Waals surface area contributed by atoms with E-state index < -0.39 is 21.1 Å². The fourth-order valence-corrected chi connectivity index (χ4v) is 2.13. The fraction of sp³-hybridized carbons (Fsp3) is 0.0714. The normalized spacial score (nSPS) is 10.6. The fourth-order valence-electron chi connectivity index (χ4n) is 2.13. The molecule has 98 valence electrons. The van der Waals surface area contributed by atoms with Gasteiger partial charge in [0.2, 0.25) is 0 Å². The van der Waals surface area contributed by atoms with Gasteiger partial charge in [0.15, 0.2) is 0 Å². The van der Waals surface area contributed by atoms with Crippen molar-refractivity contribution >= 4 is 21.5 Å². The molecule has 0 aliphatic heterocycles. The van der Waals surface area contributed by atoms with Gasteiger partial charge >= 0.3 is 21.1 Å². The number of aromatic nitrogens is 1. The van der Waals surface area contributed by atoms with E-state index >= 15 is 0 Å². The van der Waals surface area contributed by atoms with E-state index in [0.717, 1.165) is 5.69 Å². The van der Waals surface area contributed by atoms with Crippen molar-refractivity contribution in [2.45, 2.75) is 6.92 Å². The number of rotatable bonds is 0. The van der Waals surface area contributed by atoms with Crippen LogP contribution >= 0.6 is 0 Å². The zero-order chi connectivity index (χ0) is 13.8. The summed E-state index contributed by atoms with van der Waals surface area (Å²) in [5.74, 6) is 0. The largest absolute Gasteiger partial charge is 0.503 e. The second-order valence-corrected chi connectivity index (χ2v) is 5.13. The van der Waals surface area contributed by atoms with Crippen LogP contribution in [0.5, 0.6) is 0 Å². The average molecular weight is 369 g/mol. The van der Waals surface area contributed by atoms with Gasteiger partial charge in [0.1, 0.15) is 0 Å². The summed E-state index contributed by atoms with van der Waals surface area (Å²) in [5.41, 5.74) is 1.10. The Hall–Kier alpha value is -1.28. The summed E-state index contributed by atoms with van der Waals surface area (Å²) in [6, 6.07) is 14.8. The third-order valence-electron chi connectivity index (χ3n) is 2.85. The van der Waals surface area contributed by atoms with Crippen LogP contribution in [-0.2, 0) is 0 Å². The first-order valence-corrected chi connectivity index (χ1v) is 8.30. The van der Waals surface area contributed by atoms with Crippen molar-refractivity contribution in [3.63, 3.8) is 0 Å². The molecule has 0 spiro atoms. The summed E-state index contributed by atoms with van der Waals surface area (Å²) < 4.78 is 24.5. The summed E-state index contributed by atoms with van der Waals surface area (Å²) in [6.07, 6.45) is 1.87. The second kappa shape index (κ2) is 6.25. The van der Waals surface area contributed by atoms with Crippen molar-refractivity contribution < 1.29 is 31.4 Å². The van der Waals surface area contributed by atoms with Crippen molar-refractivity contribution in [3.05, 3.63) is 54.4 Å². The molecule has 0 aliphatic carbocycles. The highest BCUT2D eigenvalue weighted by molar-refractivity contribution is 6.08. The number of nitrogens with zero attached hydrogens (tertiary/aromatic N) is 1. The molecule has 19 heavy (non-hydrogen) atoms. The molecule has 0 atom stereocenters. The van der Waals surface area contributed by atoms with Gasteiger partial charge in [-0.2, -0.15) is 0 Å². The molecule has 2 aromatic carbocycles. The van der Waals surface area contributed by atoms with Gasteiger partial charge in [-0.05, 0) is 32.6 Å². The van der Waals surface area contributed by atoms with Crippen molar-refractivity contribution in [1.29, 1.82) is 0 Å². The van der Waals surface area contributed by atoms with Crippen LogP contribution in [0.1, 0.15) is 5.69 Å². The van der Waals surface area contributed by atoms with Gasteiger partial charge in [-0.15, -0.1) is 0 Å². The Balaban J connectivity index is 0.000000297. The Labute approximate surface area is 119 Å². The lowest BCUT2D eigenvalue weighted by molar-refractivity contribution is -1.63. The van der Waals surface area contributed by atoms with Crippen LogP contribution in [0.4, 0.5) is 0 Å². The van der Waals surface area contributed by atoms with Gasteiger partial charge in [-0.3, -0.25) is 4.98 Å². The quantitative estimate of drug-likeness (QED) is 0.359. The topological polar surface area (TPSA) is 79.2 Å². The van der Waals surface area contributed by atoms with Crippen molar-refractivity contribution in [2.24, 2.45) is 0 Å². The number of pyridine rings is 1. The summed E-state index contributed by atoms with van der Waals surface area (Å²) in [7, 11) is 0. The summed E-state index contributed by atoms with van der Waals surface area (Å²) in [4.78, 5) is 4.36. The molecule has 0 amide bonds. The number of hydrogen-bond acceptors (Lipinski definition) is 4. The third kappa shape index (κ3) is 3.38. The van der Waals surface area contributed by atoms with Crippen LogP contribution in [0.25, 0.3) is 21.5 Å². The molecule has 0 bridgehead atoms. The lowest BCUT2D eigenvalue weighted by atomic mass is 10.0. The first-order valence-electron chi connectivity index (χ1n) is 5.57. The molecule has 0 aliphatic rings. The molecule has 1 aromatic heterocycles. The van der Waals surface area contributed by atoms with Gasteiger partial charge in [-0.1, -0.05) is 36.4 Å². The summed E-state index contributed by atoms with van der Waals surface area (Å²) in [6.45, 7) is 2.06. The maximum Gasteiger partial charge on any atom is 0.503 e. The first kappa shape index (κ1) is 14.1. The van der Waals surface area contributed by atoms with E-state index in [9.17, 15) is 0 Å². The maximum atomic E-state index is 8.68. The Bertz CT molecular complexity index is 698. The van der Waals surface area contributed by atoms with Crippen LogP contribution in [0.15, 0.2) is 48.7 Å². The van der Waals surface area contributed by atoms with E-state index in [-0.39, 0.29) is 0 Å². The monoisotopic (exact) mass is 369 g/mol. The highest BCUT2D eigenvalue weighted by atomic mass is 127. The Morgan fingerprint density at radius 3 is 2.37 bits per heavy atom. The molecule has 0 fully saturated rings. The molecule has 3 rings (SSSR count). The molecule has 0 unspecified atom stereocenters. The number of benzene rings is 2. The van der Waals surface area contributed by atoms with Crippen molar-refractivity contribution in [3.8, 4) is 0 Å². The zero-order valence-electron chi connectivity index (χ0n) is 10.2. The molecule has 5 heteroatoms. The minimum Gasteiger partial charge on any atom is -0.396 e. The number of hydrogen-bond donors (Lipinski definition) is 1. The van der Waals surface area contributed by atoms with Gasteiger partial charge in [-0.25, -0.2) is 0 Å². The lowest BCUT2D eigenvalue weighted by Crippen LogP contribution is -3.98. The van der Waals surface area contributed by atoms with E-state index in [1.54, 1.807) is 0 Å². The van der Waals surface area contributed by atoms with E-state index in [0.29, 0.717) is 0 Å². The predicted molar refractivity (Wildman–Crippen MR) is 66.2 cm³/mol. The van der Waals surface area contributed by atoms with Crippen LogP contribution in [0.3, 0.4) is 0 Å². The molecular formula is C14H12INO3. The predicted octanol–water partition coefficient (Wildman–Crippen LogP) is -2.23. The molecule has 1 heterocycles. The minimum absolute atomic E-state index is 1.10. The highest BCUT2D eigenvalue weighted by Crippen LogP contribution is 2.26. The SMILES string of the molecule is Cc1nccc2ccc3ccccc3c12.[O-][I+2]([O-])O. The molecule has 0 saturated heterocycles. The second-order valence-electron chi connectivity index (χ2n) is 3.98. The molecule has 0 radical (unpaired) electrons. The van der Waals surface area contributed by atoms with E-state index in [1.807, 2.05) is 6.20 Å². The highest BCUT2D eigenvalue weighted by Gasteiger charge is 2.02. The van der Waals surface area contributed by atoms with Gasteiger partial charge in [0.05, 0.1) is 0 Å². The Kier molecular flexibility index (Phi) is 4.65. The maximum absolute atomic E-state index is 8.68. The zero-order valence-corrected chi connectivity index (χ0v) is 12.4. The van der Waals surface area contributed by atoms with Crippen LogP contribution in [0, 0.1) is 6.92 Å². The minimum atomic E-state index is -3.76. The molecule has 3 aromatic rings. The Morgan fingerprint density at radius 2 is 1.63 bits per heavy atom. The molecule has 1 N–H and O–H groups in total. The molecule has 0 saturated carbocycles. The summed E-state index contributed by atoms with van der Waals surface area (Å²) >= 11 is -3.76. The summed E-state index contributed by atoms with van der Waals surface area (Å²) in [5, 5.41) is 5.11. The third-order valence-corrected chi connectivity index (χ3v) is 2.85. The van der Waals surface area contributed by atoms with Crippen LogP contribution in [0.2, 0.25) is 0 Å². The van der Waals surface area contributed by atoms with E-state index in [4.69, 9.17) is 10.3 Å². The first-order chi connectivity index (χ1) is 9.09. The van der Waals surface area contributed by atoms with Gasteiger partial charge in [0, 0.05) is 17.3 Å². The molecule has 4 nitrogen and oxygen atoms in total. The standard InChI is InChI=1S/C14H11N.HIO3/c1-10-14-12(8-9-15-10)7-6-11-4-2-3-5-13(11)14;2-1(3)4/h2-9H,1H3;2H. The van der Waals surface area contributed by atoms with E-state index in [2.05, 4.69) is 54.4 Å². The smallest absolute Gasteiger partial charge is 0.396 e. The number of aryl methyl sites for hydroxylation is 1. The van der Waals surface area contributed by atoms with Crippen molar-refractivity contribution in [1.82, 2.24) is 4.98 Å². The molecular weight excluding hydrogens is 357 g/mol. The average Bonchev–Trinajstić information content (AvgIpc) is 2.38. The van der Waals surface area contributed by atoms with Gasteiger partial charge in [0.25, 0.3) is 0 Å². The van der Waals surface area contributed by atoms with E-state index in [1.165, 1.54) is 21.5 Å². The lowest BCUT2D eigenvalue weighted by Gasteiger charge is -2.05. The van der Waals surface area contributed by atoms with Crippen LogP contribution in [-0.4, -0.2) is 8.42 Å². The number of halogens is 1. The Morgan fingerprint density at radius 1 is 1.00 bits per heavy atom. The number of fused-ring (bicyclic) bond motifs is 3. The van der Waals surface area contributed by atoms with Crippen molar-refractivity contribution in [2.75, 3.05) is 0 Å². The van der Waals surface area contributed by atoms with Crippen LogP contribution < -0.4 is 27.9 Å².